The average Bonchev–Trinajstić information content (AvgIpc) is 3.02. The lowest BCUT2D eigenvalue weighted by molar-refractivity contribution is -0.123. The first kappa shape index (κ1) is 18.6. The number of ether oxygens (including phenoxy) is 2. The van der Waals surface area contributed by atoms with Gasteiger partial charge in [-0.2, -0.15) is 0 Å². The van der Waals surface area contributed by atoms with Gasteiger partial charge in [0.25, 0.3) is 5.91 Å². The zero-order valence-electron chi connectivity index (χ0n) is 14.6. The minimum atomic E-state index is -0.525. The molecule has 1 aromatic heterocycles. The smallest absolute Gasteiger partial charge is 0.350 e. The molecule has 0 bridgehead atoms. The molecule has 1 aliphatic rings. The highest BCUT2D eigenvalue weighted by Crippen LogP contribution is 2.31. The molecule has 0 saturated carbocycles. The number of anilines is 2. The monoisotopic (exact) mass is 387 g/mol. The van der Waals surface area contributed by atoms with Crippen LogP contribution in [0.1, 0.15) is 15.4 Å². The van der Waals surface area contributed by atoms with Crippen molar-refractivity contribution in [3.05, 3.63) is 47.5 Å². The Morgan fingerprint density at radius 2 is 2.22 bits per heavy atom. The zero-order valence-corrected chi connectivity index (χ0v) is 15.4. The molecule has 27 heavy (non-hydrogen) atoms. The van der Waals surface area contributed by atoms with Crippen LogP contribution in [-0.4, -0.2) is 42.5 Å². The maximum absolute atomic E-state index is 12.4. The topological polar surface area (TPSA) is 97.8 Å². The average molecular weight is 387 g/mol. The van der Waals surface area contributed by atoms with Gasteiger partial charge >= 0.3 is 5.97 Å². The highest BCUT2D eigenvalue weighted by Gasteiger charge is 2.27. The van der Waals surface area contributed by atoms with Crippen LogP contribution in [-0.2, 0) is 14.3 Å². The molecule has 2 aromatic rings. The van der Waals surface area contributed by atoms with Crippen LogP contribution in [0.25, 0.3) is 0 Å². The molecule has 1 aliphatic heterocycles. The summed E-state index contributed by atoms with van der Waals surface area (Å²) < 4.78 is 10.3. The summed E-state index contributed by atoms with van der Waals surface area (Å²) >= 11 is 1.01. The van der Waals surface area contributed by atoms with Crippen LogP contribution in [0.5, 0.6) is 5.75 Å². The van der Waals surface area contributed by atoms with Crippen LogP contribution in [0.3, 0.4) is 0 Å². The van der Waals surface area contributed by atoms with Crippen molar-refractivity contribution < 1.29 is 23.9 Å². The van der Waals surface area contributed by atoms with Crippen molar-refractivity contribution in [3.63, 3.8) is 0 Å². The van der Waals surface area contributed by atoms with Gasteiger partial charge in [-0.25, -0.2) is 9.78 Å². The molecule has 0 fully saturated rings. The Balaban J connectivity index is 1.69. The number of carbonyl (C=O) groups excluding carboxylic acids is 3. The number of para-hydroxylation sites is 2. The number of carbonyl (C=O) groups is 3. The lowest BCUT2D eigenvalue weighted by Crippen LogP contribution is -2.43. The molecule has 1 N–H and O–H groups in total. The van der Waals surface area contributed by atoms with E-state index in [1.54, 1.807) is 31.2 Å². The number of aromatic nitrogens is 1. The summed E-state index contributed by atoms with van der Waals surface area (Å²) in [6, 6.07) is 6.99. The second kappa shape index (κ2) is 8.00. The van der Waals surface area contributed by atoms with Crippen molar-refractivity contribution in [1.29, 1.82) is 0 Å². The van der Waals surface area contributed by atoms with Crippen LogP contribution in [0, 0.1) is 6.92 Å². The molecule has 140 valence electrons. The van der Waals surface area contributed by atoms with E-state index in [0.717, 1.165) is 11.3 Å². The summed E-state index contributed by atoms with van der Waals surface area (Å²) in [4.78, 5) is 42.3. The first-order chi connectivity index (χ1) is 13.0. The normalized spacial score (nSPS) is 12.8. The van der Waals surface area contributed by atoms with E-state index in [0.29, 0.717) is 22.0 Å². The third-order valence-electron chi connectivity index (χ3n) is 3.67. The lowest BCUT2D eigenvalue weighted by Gasteiger charge is -2.28. The first-order valence-corrected chi connectivity index (χ1v) is 8.88. The Bertz CT molecular complexity index is 908. The summed E-state index contributed by atoms with van der Waals surface area (Å²) in [6.07, 6.45) is 1.47. The van der Waals surface area contributed by atoms with E-state index in [1.807, 2.05) is 0 Å². The standard InChI is InChI=1S/C18H17N3O5S/c1-3-8-25-17(24)16-11(2)19-18(27-16)20-14(22)9-21-12-6-4-5-7-13(12)26-10-15(21)23/h3-7H,1,8-10H2,2H3,(H,19,20,22). The molecule has 0 spiro atoms. The molecule has 0 radical (unpaired) electrons. The second-order valence-electron chi connectivity index (χ2n) is 5.61. The highest BCUT2D eigenvalue weighted by atomic mass is 32.1. The molecule has 3 rings (SSSR count). The molecule has 2 heterocycles. The van der Waals surface area contributed by atoms with Crippen LogP contribution in [0.2, 0.25) is 0 Å². The van der Waals surface area contributed by atoms with Gasteiger partial charge in [-0.1, -0.05) is 36.1 Å². The van der Waals surface area contributed by atoms with Crippen molar-refractivity contribution in [2.45, 2.75) is 6.92 Å². The quantitative estimate of drug-likeness (QED) is 0.603. The summed E-state index contributed by atoms with van der Waals surface area (Å²) in [6.45, 7) is 4.92. The second-order valence-corrected chi connectivity index (χ2v) is 6.60. The molecule has 0 saturated heterocycles. The number of hydrogen-bond acceptors (Lipinski definition) is 7. The molecule has 0 aliphatic carbocycles. The number of rotatable bonds is 6. The maximum Gasteiger partial charge on any atom is 0.350 e. The van der Waals surface area contributed by atoms with Gasteiger partial charge in [-0.3, -0.25) is 14.5 Å². The third kappa shape index (κ3) is 4.14. The van der Waals surface area contributed by atoms with E-state index in [1.165, 1.54) is 11.0 Å². The van der Waals surface area contributed by atoms with E-state index in [4.69, 9.17) is 9.47 Å². The van der Waals surface area contributed by atoms with E-state index in [9.17, 15) is 14.4 Å². The SMILES string of the molecule is C=CCOC(=O)c1sc(NC(=O)CN2C(=O)COc3ccccc32)nc1C. The van der Waals surface area contributed by atoms with Crippen molar-refractivity contribution in [1.82, 2.24) is 4.98 Å². The maximum atomic E-state index is 12.4. The Hall–Kier alpha value is -3.20. The largest absolute Gasteiger partial charge is 0.482 e. The number of nitrogens with zero attached hydrogens (tertiary/aromatic N) is 2. The first-order valence-electron chi connectivity index (χ1n) is 8.07. The lowest BCUT2D eigenvalue weighted by atomic mass is 10.2. The summed E-state index contributed by atoms with van der Waals surface area (Å²) in [7, 11) is 0. The number of aryl methyl sites for hydroxylation is 1. The number of benzene rings is 1. The molecule has 8 nitrogen and oxygen atoms in total. The van der Waals surface area contributed by atoms with Crippen LogP contribution >= 0.6 is 11.3 Å². The fraction of sp³-hybridized carbons (Fsp3) is 0.222. The van der Waals surface area contributed by atoms with Gasteiger partial charge in [-0.05, 0) is 19.1 Å². The van der Waals surface area contributed by atoms with Crippen molar-refractivity contribution in [3.8, 4) is 5.75 Å². The fourth-order valence-corrected chi connectivity index (χ4v) is 3.35. The van der Waals surface area contributed by atoms with Gasteiger partial charge < -0.3 is 14.8 Å². The predicted molar refractivity (Wildman–Crippen MR) is 100 cm³/mol. The molecular weight excluding hydrogens is 370 g/mol. The van der Waals surface area contributed by atoms with Crippen molar-refractivity contribution in [2.24, 2.45) is 0 Å². The Labute approximate surface area is 159 Å². The third-order valence-corrected chi connectivity index (χ3v) is 4.72. The molecule has 0 unspecified atom stereocenters. The Morgan fingerprint density at radius 3 is 3.00 bits per heavy atom. The van der Waals surface area contributed by atoms with Gasteiger partial charge in [0.05, 0.1) is 11.4 Å². The number of thiazole rings is 1. The zero-order chi connectivity index (χ0) is 19.4. The van der Waals surface area contributed by atoms with E-state index in [-0.39, 0.29) is 30.8 Å². The van der Waals surface area contributed by atoms with E-state index in [2.05, 4.69) is 16.9 Å². The summed E-state index contributed by atoms with van der Waals surface area (Å²) in [5, 5.41) is 2.88. The van der Waals surface area contributed by atoms with Gasteiger partial charge in [0, 0.05) is 0 Å². The van der Waals surface area contributed by atoms with Gasteiger partial charge in [0.2, 0.25) is 5.91 Å². The highest BCUT2D eigenvalue weighted by molar-refractivity contribution is 7.17. The van der Waals surface area contributed by atoms with Crippen molar-refractivity contribution >= 4 is 39.9 Å². The molecule has 0 atom stereocenters. The Morgan fingerprint density at radius 1 is 1.44 bits per heavy atom. The van der Waals surface area contributed by atoms with Gasteiger partial charge in [0.1, 0.15) is 23.8 Å². The molecule has 9 heteroatoms. The van der Waals surface area contributed by atoms with E-state index >= 15 is 0 Å². The molecule has 2 amide bonds. The van der Waals surface area contributed by atoms with E-state index < -0.39 is 11.9 Å². The number of amides is 2. The minimum Gasteiger partial charge on any atom is -0.482 e. The summed E-state index contributed by atoms with van der Waals surface area (Å²) in [5.41, 5.74) is 0.991. The van der Waals surface area contributed by atoms with Gasteiger partial charge in [0.15, 0.2) is 11.7 Å². The summed E-state index contributed by atoms with van der Waals surface area (Å²) in [5.74, 6) is -0.724. The number of esters is 1. The number of hydrogen-bond donors (Lipinski definition) is 1. The predicted octanol–water partition coefficient (Wildman–Crippen LogP) is 2.16. The van der Waals surface area contributed by atoms with Crippen molar-refractivity contribution in [2.75, 3.05) is 30.0 Å². The fourth-order valence-electron chi connectivity index (χ4n) is 2.47. The number of nitrogens with one attached hydrogen (secondary N) is 1. The number of fused-ring (bicyclic) bond motifs is 1. The molecule has 1 aromatic carbocycles. The Kier molecular flexibility index (Phi) is 5.51. The van der Waals surface area contributed by atoms with Crippen LogP contribution < -0.4 is 15.0 Å². The molecular formula is C18H17N3O5S. The minimum absolute atomic E-state index is 0.0937. The van der Waals surface area contributed by atoms with Crippen LogP contribution in [0.4, 0.5) is 10.8 Å². The van der Waals surface area contributed by atoms with Crippen LogP contribution in [0.15, 0.2) is 36.9 Å². The van der Waals surface area contributed by atoms with Gasteiger partial charge in [-0.15, -0.1) is 0 Å².